The van der Waals surface area contributed by atoms with Crippen LogP contribution in [0.5, 0.6) is 0 Å². The van der Waals surface area contributed by atoms with E-state index in [0.717, 1.165) is 11.3 Å². The fraction of sp³-hybridized carbons (Fsp3) is 0.500. The molecule has 0 aromatic carbocycles. The maximum absolute atomic E-state index is 12.4. The molecule has 2 N–H and O–H groups in total. The van der Waals surface area contributed by atoms with Crippen LogP contribution in [-0.4, -0.2) is 71.2 Å². The summed E-state index contributed by atoms with van der Waals surface area (Å²) in [6.07, 6.45) is 0. The third-order valence-corrected chi connectivity index (χ3v) is 6.10. The van der Waals surface area contributed by atoms with Crippen molar-refractivity contribution in [2.24, 2.45) is 5.16 Å². The summed E-state index contributed by atoms with van der Waals surface area (Å²) in [5.74, 6) is -1.55. The number of halogens is 1. The molecular formula is C12H15ClN5NaO7S2. The van der Waals surface area contributed by atoms with Crippen molar-refractivity contribution in [3.8, 4) is 0 Å². The first-order chi connectivity index (χ1) is 12.5. The number of thiazole rings is 1. The van der Waals surface area contributed by atoms with E-state index in [-0.39, 0.29) is 52.0 Å². The summed E-state index contributed by atoms with van der Waals surface area (Å²) in [5, 5.41) is 22.0. The van der Waals surface area contributed by atoms with Gasteiger partial charge in [0, 0.05) is 5.38 Å². The predicted molar refractivity (Wildman–Crippen MR) is 94.6 cm³/mol. The molecule has 0 radical (unpaired) electrons. The standard InChI is InChI=1S/C12H16ClN5O7S2.Na/c1-6-7(4-18(6,21)27(22,23)24)14-11(20)10(17-25-2)8-5-26-12(15-8)16-9(19)3-13;/h5-7H,3-4H2,1-2H3,(H,14,20)(H,15,16,19)(H,22,23,24);/q;+1/p-1/t6?,7-,18+;/m1./s1. The molecular weight excluding hydrogens is 449 g/mol. The van der Waals surface area contributed by atoms with Crippen LogP contribution in [0.3, 0.4) is 0 Å². The zero-order valence-corrected chi connectivity index (χ0v) is 19.4. The van der Waals surface area contributed by atoms with E-state index in [0.29, 0.717) is 0 Å². The van der Waals surface area contributed by atoms with E-state index in [2.05, 4.69) is 25.6 Å². The molecule has 3 atom stereocenters. The second-order valence-corrected chi connectivity index (χ2v) is 8.10. The number of anilines is 1. The molecule has 1 aromatic rings. The number of hydrogen-bond donors (Lipinski definition) is 2. The van der Waals surface area contributed by atoms with E-state index in [1.165, 1.54) is 19.4 Å². The maximum Gasteiger partial charge on any atom is 1.00 e. The molecule has 1 saturated heterocycles. The quantitative estimate of drug-likeness (QED) is 0.0791. The molecule has 1 unspecified atom stereocenters. The van der Waals surface area contributed by atoms with Gasteiger partial charge in [-0.3, -0.25) is 13.6 Å². The number of carbonyl (C=O) groups excluding carboxylic acids is 2. The van der Waals surface area contributed by atoms with Crippen molar-refractivity contribution in [2.75, 3.05) is 24.9 Å². The number of amides is 2. The molecule has 1 aliphatic heterocycles. The normalized spacial score (nSPS) is 24.5. The van der Waals surface area contributed by atoms with Gasteiger partial charge < -0.3 is 25.2 Å². The molecule has 12 nitrogen and oxygen atoms in total. The van der Waals surface area contributed by atoms with E-state index in [1.54, 1.807) is 0 Å². The van der Waals surface area contributed by atoms with E-state index < -0.39 is 44.8 Å². The van der Waals surface area contributed by atoms with Gasteiger partial charge in [-0.25, -0.2) is 4.98 Å². The van der Waals surface area contributed by atoms with E-state index in [4.69, 9.17) is 11.6 Å². The van der Waals surface area contributed by atoms with Crippen molar-refractivity contribution in [1.82, 2.24) is 10.3 Å². The maximum atomic E-state index is 12.4. The number of rotatable bonds is 7. The first kappa shape index (κ1) is 25.2. The Labute approximate surface area is 191 Å². The van der Waals surface area contributed by atoms with Gasteiger partial charge in [-0.2, -0.15) is 8.42 Å². The molecule has 0 aliphatic carbocycles. The number of carbonyl (C=O) groups is 2. The fourth-order valence-corrected chi connectivity index (χ4v) is 3.99. The molecule has 0 saturated carbocycles. The van der Waals surface area contributed by atoms with Crippen molar-refractivity contribution in [1.29, 1.82) is 0 Å². The van der Waals surface area contributed by atoms with Gasteiger partial charge in [-0.1, -0.05) is 5.16 Å². The van der Waals surface area contributed by atoms with Crippen LogP contribution < -0.4 is 40.2 Å². The minimum Gasteiger partial charge on any atom is -0.701 e. The Balaban J connectivity index is 0.00000392. The Bertz CT molecular complexity index is 879. The van der Waals surface area contributed by atoms with Gasteiger partial charge in [0.1, 0.15) is 37.3 Å². The smallest absolute Gasteiger partial charge is 0.701 e. The molecule has 2 rings (SSSR count). The second-order valence-electron chi connectivity index (χ2n) is 5.50. The molecule has 16 heteroatoms. The molecule has 2 heterocycles. The second kappa shape index (κ2) is 9.77. The van der Waals surface area contributed by atoms with Crippen molar-refractivity contribution in [3.63, 3.8) is 0 Å². The first-order valence-electron chi connectivity index (χ1n) is 7.32. The van der Waals surface area contributed by atoms with Gasteiger partial charge in [-0.15, -0.1) is 22.9 Å². The Kier molecular flexibility index (Phi) is 8.80. The average molecular weight is 464 g/mol. The predicted octanol–water partition coefficient (Wildman–Crippen LogP) is -3.66. The Hall–Kier alpha value is -0.840. The average Bonchev–Trinajstić information content (AvgIpc) is 3.05. The van der Waals surface area contributed by atoms with E-state index in [9.17, 15) is 27.8 Å². The molecule has 1 aromatic heterocycles. The summed E-state index contributed by atoms with van der Waals surface area (Å²) in [6.45, 7) is 0.625. The SMILES string of the molecule is CON=C(C(=O)N[C@@H]1C[N@+]([O-])(S(=O)(=O)[O-])C1C)c1csc(NC(=O)CCl)n1.[Na+]. The number of nitrogens with one attached hydrogen (secondary N) is 2. The third-order valence-electron chi connectivity index (χ3n) is 3.86. The summed E-state index contributed by atoms with van der Waals surface area (Å²) < 4.78 is 31.2. The molecule has 2 amide bonds. The van der Waals surface area contributed by atoms with Crippen LogP contribution in [-0.2, 0) is 24.7 Å². The van der Waals surface area contributed by atoms with Gasteiger partial charge in [0.2, 0.25) is 5.91 Å². The van der Waals surface area contributed by atoms with Gasteiger partial charge in [0.15, 0.2) is 10.8 Å². The van der Waals surface area contributed by atoms with Crippen molar-refractivity contribution < 1.29 is 61.0 Å². The number of hydrogen-bond acceptors (Lipinski definition) is 10. The van der Waals surface area contributed by atoms with Crippen molar-refractivity contribution in [3.05, 3.63) is 16.3 Å². The van der Waals surface area contributed by atoms with Crippen molar-refractivity contribution >= 4 is 55.9 Å². The molecule has 0 bridgehead atoms. The minimum absolute atomic E-state index is 0. The Morgan fingerprint density at radius 2 is 2.18 bits per heavy atom. The number of quaternary nitrogens is 1. The molecule has 28 heavy (non-hydrogen) atoms. The largest absolute Gasteiger partial charge is 1.00 e. The van der Waals surface area contributed by atoms with Gasteiger partial charge >= 0.3 is 29.6 Å². The monoisotopic (exact) mass is 463 g/mol. The zero-order chi connectivity index (χ0) is 20.4. The van der Waals surface area contributed by atoms with Gasteiger partial charge in [-0.05, 0) is 6.92 Å². The fourth-order valence-electron chi connectivity index (χ4n) is 2.32. The van der Waals surface area contributed by atoms with Crippen LogP contribution >= 0.6 is 22.9 Å². The number of hydroxylamine groups is 2. The van der Waals surface area contributed by atoms with Crippen LogP contribution in [0.1, 0.15) is 12.6 Å². The number of oxime groups is 1. The zero-order valence-electron chi connectivity index (χ0n) is 15.0. The van der Waals surface area contributed by atoms with E-state index >= 15 is 0 Å². The summed E-state index contributed by atoms with van der Waals surface area (Å²) in [7, 11) is -3.91. The Morgan fingerprint density at radius 1 is 1.54 bits per heavy atom. The summed E-state index contributed by atoms with van der Waals surface area (Å²) in [4.78, 5) is 32.3. The van der Waals surface area contributed by atoms with E-state index in [1.807, 2.05) is 0 Å². The van der Waals surface area contributed by atoms with Crippen molar-refractivity contribution in [2.45, 2.75) is 19.0 Å². The van der Waals surface area contributed by atoms with Crippen LogP contribution in [0.25, 0.3) is 0 Å². The third kappa shape index (κ3) is 5.20. The van der Waals surface area contributed by atoms with Gasteiger partial charge in [0.05, 0.1) is 0 Å². The van der Waals surface area contributed by atoms with Gasteiger partial charge in [0.25, 0.3) is 16.2 Å². The molecule has 0 spiro atoms. The van der Waals surface area contributed by atoms with Crippen LogP contribution in [0.4, 0.5) is 5.13 Å². The molecule has 150 valence electrons. The summed E-state index contributed by atoms with van der Waals surface area (Å²) in [6, 6.07) is -2.04. The summed E-state index contributed by atoms with van der Waals surface area (Å²) >= 11 is 6.40. The molecule has 1 fully saturated rings. The topological polar surface area (TPSA) is 173 Å². The minimum atomic E-state index is -5.11. The Morgan fingerprint density at radius 3 is 2.68 bits per heavy atom. The number of aromatic nitrogens is 1. The summed E-state index contributed by atoms with van der Waals surface area (Å²) in [5.41, 5.74) is -0.177. The number of nitrogens with zero attached hydrogens (tertiary/aromatic N) is 3. The number of alkyl halides is 1. The van der Waals surface area contributed by atoms with Crippen LogP contribution in [0.15, 0.2) is 10.5 Å². The van der Waals surface area contributed by atoms with Crippen LogP contribution in [0.2, 0.25) is 0 Å². The molecule has 1 aliphatic rings. The first-order valence-corrected chi connectivity index (χ1v) is 10.1. The van der Waals surface area contributed by atoms with Crippen LogP contribution in [0, 0.1) is 5.21 Å².